The molecule has 2 N–H and O–H groups in total. The van der Waals surface area contributed by atoms with Crippen LogP contribution < -0.4 is 5.73 Å². The van der Waals surface area contributed by atoms with E-state index in [4.69, 9.17) is 5.73 Å². The van der Waals surface area contributed by atoms with Crippen molar-refractivity contribution in [2.75, 3.05) is 13.8 Å². The summed E-state index contributed by atoms with van der Waals surface area (Å²) in [6.45, 7) is -0.673. The predicted molar refractivity (Wildman–Crippen MR) is 42.4 cm³/mol. The number of methoxy groups -OCH3 is 1. The number of rotatable bonds is 3. The van der Waals surface area contributed by atoms with Crippen LogP contribution in [-0.2, 0) is 9.53 Å². The van der Waals surface area contributed by atoms with E-state index in [1.165, 1.54) is 13.2 Å². The lowest BCUT2D eigenvalue weighted by Gasteiger charge is -1.96. The van der Waals surface area contributed by atoms with E-state index in [1.807, 2.05) is 0 Å². The number of carbonyl (C=O) groups excluding carboxylic acids is 1. The Morgan fingerprint density at radius 1 is 1.82 bits per heavy atom. The van der Waals surface area contributed by atoms with Gasteiger partial charge in [0.15, 0.2) is 0 Å². The van der Waals surface area contributed by atoms with Crippen molar-refractivity contribution in [3.8, 4) is 0 Å². The van der Waals surface area contributed by atoms with E-state index in [1.54, 1.807) is 0 Å². The van der Waals surface area contributed by atoms with Gasteiger partial charge in [-0.15, -0.1) is 12.4 Å². The number of carbonyl (C=O) groups is 1. The number of nitrogens with two attached hydrogens (primary N) is 1. The first-order valence-corrected chi connectivity index (χ1v) is 2.78. The van der Waals surface area contributed by atoms with Gasteiger partial charge in [0.1, 0.15) is 6.67 Å². The van der Waals surface area contributed by atoms with Crippen molar-refractivity contribution in [2.45, 2.75) is 6.04 Å². The molecule has 0 aromatic heterocycles. The molecule has 0 fully saturated rings. The fourth-order valence-corrected chi connectivity index (χ4v) is 0.322. The molecule has 1 atom stereocenters. The Balaban J connectivity index is 0. The van der Waals surface area contributed by atoms with Crippen LogP contribution in [0, 0.1) is 0 Å². The third-order valence-electron chi connectivity index (χ3n) is 0.859. The van der Waals surface area contributed by atoms with Gasteiger partial charge in [0, 0.05) is 6.08 Å². The largest absolute Gasteiger partial charge is 0.466 e. The van der Waals surface area contributed by atoms with Crippen LogP contribution in [0.25, 0.3) is 0 Å². The van der Waals surface area contributed by atoms with E-state index in [-0.39, 0.29) is 12.4 Å². The minimum atomic E-state index is -0.709. The molecular weight excluding hydrogens is 173 g/mol. The molecule has 0 aliphatic heterocycles. The zero-order valence-electron chi connectivity index (χ0n) is 6.12. The van der Waals surface area contributed by atoms with Crippen molar-refractivity contribution in [3.63, 3.8) is 0 Å². The zero-order chi connectivity index (χ0) is 7.98. The second-order valence-corrected chi connectivity index (χ2v) is 1.70. The molecule has 0 aliphatic rings. The Morgan fingerprint density at radius 3 is 2.73 bits per heavy atom. The number of hydrogen-bond donors (Lipinski definition) is 1. The van der Waals surface area contributed by atoms with E-state index in [0.29, 0.717) is 0 Å². The molecule has 0 saturated carbocycles. The third kappa shape index (κ3) is 7.29. The average molecular weight is 184 g/mol. The summed E-state index contributed by atoms with van der Waals surface area (Å²) in [5.41, 5.74) is 5.11. The lowest BCUT2D eigenvalue weighted by atomic mass is 10.3. The van der Waals surface area contributed by atoms with Gasteiger partial charge in [0.05, 0.1) is 13.2 Å². The molecule has 66 valence electrons. The number of esters is 1. The van der Waals surface area contributed by atoms with Gasteiger partial charge in [-0.25, -0.2) is 9.18 Å². The average Bonchev–Trinajstić information content (AvgIpc) is 1.99. The molecule has 0 saturated heterocycles. The summed E-state index contributed by atoms with van der Waals surface area (Å²) in [5, 5.41) is 0. The van der Waals surface area contributed by atoms with Crippen LogP contribution in [0.5, 0.6) is 0 Å². The van der Waals surface area contributed by atoms with Gasteiger partial charge in [0.25, 0.3) is 0 Å². The number of alkyl halides is 1. The monoisotopic (exact) mass is 183 g/mol. The maximum Gasteiger partial charge on any atom is 0.330 e. The number of hydrogen-bond acceptors (Lipinski definition) is 3. The highest BCUT2D eigenvalue weighted by Gasteiger charge is 1.96. The van der Waals surface area contributed by atoms with Crippen molar-refractivity contribution in [1.29, 1.82) is 0 Å². The third-order valence-corrected chi connectivity index (χ3v) is 0.859. The molecule has 0 aromatic carbocycles. The van der Waals surface area contributed by atoms with Crippen molar-refractivity contribution in [1.82, 2.24) is 0 Å². The van der Waals surface area contributed by atoms with Crippen LogP contribution in [0.2, 0.25) is 0 Å². The summed E-state index contributed by atoms with van der Waals surface area (Å²) in [4.78, 5) is 10.3. The summed E-state index contributed by atoms with van der Waals surface area (Å²) in [6.07, 6.45) is 2.36. The smallest absolute Gasteiger partial charge is 0.330 e. The van der Waals surface area contributed by atoms with Crippen molar-refractivity contribution >= 4 is 18.4 Å². The van der Waals surface area contributed by atoms with Crippen molar-refractivity contribution < 1.29 is 13.9 Å². The van der Waals surface area contributed by atoms with E-state index >= 15 is 0 Å². The summed E-state index contributed by atoms with van der Waals surface area (Å²) in [5.74, 6) is -0.524. The second kappa shape index (κ2) is 7.50. The van der Waals surface area contributed by atoms with Crippen LogP contribution in [-0.4, -0.2) is 25.8 Å². The minimum Gasteiger partial charge on any atom is -0.466 e. The fourth-order valence-electron chi connectivity index (χ4n) is 0.322. The van der Waals surface area contributed by atoms with Crippen LogP contribution in [0.15, 0.2) is 12.2 Å². The van der Waals surface area contributed by atoms with E-state index in [9.17, 15) is 9.18 Å². The normalized spacial score (nSPS) is 12.3. The molecule has 0 amide bonds. The first-order chi connectivity index (χ1) is 4.70. The Labute approximate surface area is 70.8 Å². The predicted octanol–water partition coefficient (Wildman–Crippen LogP) is 0.434. The van der Waals surface area contributed by atoms with E-state index < -0.39 is 18.7 Å². The Hall–Kier alpha value is -0.610. The Morgan fingerprint density at radius 2 is 2.36 bits per heavy atom. The van der Waals surface area contributed by atoms with Gasteiger partial charge in [-0.05, 0) is 0 Å². The highest BCUT2D eigenvalue weighted by atomic mass is 35.5. The molecule has 0 radical (unpaired) electrons. The molecule has 0 unspecified atom stereocenters. The van der Waals surface area contributed by atoms with Gasteiger partial charge in [-0.1, -0.05) is 6.08 Å². The first kappa shape index (κ1) is 13.0. The summed E-state index contributed by atoms with van der Waals surface area (Å²) in [7, 11) is 1.24. The van der Waals surface area contributed by atoms with Crippen molar-refractivity contribution in [2.24, 2.45) is 5.73 Å². The van der Waals surface area contributed by atoms with Gasteiger partial charge in [-0.2, -0.15) is 0 Å². The standard InChI is InChI=1S/C6H10FNO2.ClH/c1-10-6(9)3-2-5(8)4-7;/h2-3,5H,4,8H2,1H3;1H/b3-2+;/t5-;/m0./s1. The SMILES string of the molecule is COC(=O)/C=C/[C@H](N)CF.Cl. The first-order valence-electron chi connectivity index (χ1n) is 2.78. The number of halogens is 2. The molecule has 0 heterocycles. The van der Waals surface area contributed by atoms with Crippen LogP contribution in [0.1, 0.15) is 0 Å². The second-order valence-electron chi connectivity index (χ2n) is 1.70. The maximum absolute atomic E-state index is 11.6. The summed E-state index contributed by atoms with van der Waals surface area (Å²) < 4.78 is 15.9. The molecule has 11 heavy (non-hydrogen) atoms. The molecule has 5 heteroatoms. The number of ether oxygens (including phenoxy) is 1. The zero-order valence-corrected chi connectivity index (χ0v) is 6.94. The summed E-state index contributed by atoms with van der Waals surface area (Å²) in [6, 6.07) is -0.709. The molecule has 0 rings (SSSR count). The van der Waals surface area contributed by atoms with Crippen LogP contribution >= 0.6 is 12.4 Å². The lowest BCUT2D eigenvalue weighted by Crippen LogP contribution is -2.19. The van der Waals surface area contributed by atoms with Crippen LogP contribution in [0.4, 0.5) is 4.39 Å². The molecule has 0 spiro atoms. The van der Waals surface area contributed by atoms with E-state index in [0.717, 1.165) is 6.08 Å². The van der Waals surface area contributed by atoms with E-state index in [2.05, 4.69) is 4.74 Å². The minimum absolute atomic E-state index is 0. The quantitative estimate of drug-likeness (QED) is 0.510. The molecule has 0 aliphatic carbocycles. The lowest BCUT2D eigenvalue weighted by molar-refractivity contribution is -0.134. The Kier molecular flexibility index (Phi) is 8.87. The molecular formula is C6H11ClFNO2. The van der Waals surface area contributed by atoms with Gasteiger partial charge < -0.3 is 10.5 Å². The van der Waals surface area contributed by atoms with Gasteiger partial charge in [-0.3, -0.25) is 0 Å². The van der Waals surface area contributed by atoms with Gasteiger partial charge >= 0.3 is 5.97 Å². The highest BCUT2D eigenvalue weighted by Crippen LogP contribution is 1.84. The molecule has 3 nitrogen and oxygen atoms in total. The molecule has 0 aromatic rings. The van der Waals surface area contributed by atoms with Crippen molar-refractivity contribution in [3.05, 3.63) is 12.2 Å². The molecule has 0 bridgehead atoms. The maximum atomic E-state index is 11.6. The highest BCUT2D eigenvalue weighted by molar-refractivity contribution is 5.85. The summed E-state index contributed by atoms with van der Waals surface area (Å²) >= 11 is 0. The Bertz CT molecular complexity index is 141. The topological polar surface area (TPSA) is 52.3 Å². The van der Waals surface area contributed by atoms with Crippen LogP contribution in [0.3, 0.4) is 0 Å². The van der Waals surface area contributed by atoms with Gasteiger partial charge in [0.2, 0.25) is 0 Å². The fraction of sp³-hybridized carbons (Fsp3) is 0.500.